The predicted octanol–water partition coefficient (Wildman–Crippen LogP) is 4.16. The number of methoxy groups -OCH3 is 2. The lowest BCUT2D eigenvalue weighted by molar-refractivity contribution is -0.112. The largest absolute Gasteiger partial charge is 0.493 e. The lowest BCUT2D eigenvalue weighted by Crippen LogP contribution is -2.39. The van der Waals surface area contributed by atoms with E-state index in [2.05, 4.69) is 13.5 Å². The van der Waals surface area contributed by atoms with Crippen molar-refractivity contribution in [2.75, 3.05) is 20.8 Å². The molecule has 0 radical (unpaired) electrons. The predicted molar refractivity (Wildman–Crippen MR) is 103 cm³/mol. The monoisotopic (exact) mass is 370 g/mol. The number of benzene rings is 1. The average molecular weight is 370 g/mol. The van der Waals surface area contributed by atoms with Gasteiger partial charge in [0.2, 0.25) is 0 Å². The summed E-state index contributed by atoms with van der Waals surface area (Å²) in [4.78, 5) is 12.4. The Kier molecular flexibility index (Phi) is 5.42. The SMILES string of the molecule is C=CCC1=C[C@@]2(OCC)C(=CC1=O)O[C@H](c1ccc(OC)c(OC)c1)[C@@H]2C. The molecule has 1 heterocycles. The van der Waals surface area contributed by atoms with Gasteiger partial charge in [0, 0.05) is 24.2 Å². The molecule has 1 aromatic rings. The van der Waals surface area contributed by atoms with Crippen LogP contribution in [0.25, 0.3) is 0 Å². The number of carbonyl (C=O) groups excluding carboxylic acids is 1. The minimum Gasteiger partial charge on any atom is -0.493 e. The van der Waals surface area contributed by atoms with Crippen molar-refractivity contribution in [3.63, 3.8) is 0 Å². The maximum Gasteiger partial charge on any atom is 0.185 e. The molecule has 0 N–H and O–H groups in total. The van der Waals surface area contributed by atoms with Gasteiger partial charge in [0.25, 0.3) is 0 Å². The highest BCUT2D eigenvalue weighted by Gasteiger charge is 2.54. The smallest absolute Gasteiger partial charge is 0.185 e. The van der Waals surface area contributed by atoms with Crippen molar-refractivity contribution in [1.82, 2.24) is 0 Å². The molecule has 3 atom stereocenters. The number of ether oxygens (including phenoxy) is 4. The highest BCUT2D eigenvalue weighted by Crippen LogP contribution is 2.52. The summed E-state index contributed by atoms with van der Waals surface area (Å²) in [6.07, 6.45) is 5.45. The Hall–Kier alpha value is -2.53. The minimum atomic E-state index is -0.751. The summed E-state index contributed by atoms with van der Waals surface area (Å²) >= 11 is 0. The summed E-state index contributed by atoms with van der Waals surface area (Å²) in [5.41, 5.74) is 0.880. The zero-order valence-corrected chi connectivity index (χ0v) is 16.3. The third-order valence-electron chi connectivity index (χ3n) is 5.22. The molecule has 1 fully saturated rings. The van der Waals surface area contributed by atoms with E-state index in [9.17, 15) is 4.79 Å². The fraction of sp³-hybridized carbons (Fsp3) is 0.409. The Labute approximate surface area is 160 Å². The molecular formula is C22H26O5. The van der Waals surface area contributed by atoms with Crippen molar-refractivity contribution in [1.29, 1.82) is 0 Å². The lowest BCUT2D eigenvalue weighted by atomic mass is 9.78. The van der Waals surface area contributed by atoms with Gasteiger partial charge in [-0.15, -0.1) is 6.58 Å². The van der Waals surface area contributed by atoms with Crippen LogP contribution in [-0.4, -0.2) is 32.2 Å². The van der Waals surface area contributed by atoms with Gasteiger partial charge in [-0.3, -0.25) is 4.79 Å². The zero-order valence-electron chi connectivity index (χ0n) is 16.3. The first-order valence-electron chi connectivity index (χ1n) is 9.12. The Bertz CT molecular complexity index is 807. The summed E-state index contributed by atoms with van der Waals surface area (Å²) in [5, 5.41) is 0. The van der Waals surface area contributed by atoms with Gasteiger partial charge >= 0.3 is 0 Å². The summed E-state index contributed by atoms with van der Waals surface area (Å²) in [6, 6.07) is 5.72. The van der Waals surface area contributed by atoms with E-state index in [-0.39, 0.29) is 17.8 Å². The van der Waals surface area contributed by atoms with Crippen molar-refractivity contribution in [3.8, 4) is 11.5 Å². The number of hydrogen-bond acceptors (Lipinski definition) is 5. The van der Waals surface area contributed by atoms with Crippen LogP contribution in [0.2, 0.25) is 0 Å². The first kappa shape index (κ1) is 19.2. The average Bonchev–Trinajstić information content (AvgIpc) is 2.94. The second kappa shape index (κ2) is 7.61. The molecular weight excluding hydrogens is 344 g/mol. The third-order valence-corrected chi connectivity index (χ3v) is 5.22. The fourth-order valence-corrected chi connectivity index (χ4v) is 3.86. The fourth-order valence-electron chi connectivity index (χ4n) is 3.86. The van der Waals surface area contributed by atoms with E-state index in [1.54, 1.807) is 26.4 Å². The lowest BCUT2D eigenvalue weighted by Gasteiger charge is -2.32. The van der Waals surface area contributed by atoms with E-state index in [0.717, 1.165) is 5.56 Å². The van der Waals surface area contributed by atoms with Crippen molar-refractivity contribution >= 4 is 5.78 Å². The van der Waals surface area contributed by atoms with Crippen LogP contribution in [0.1, 0.15) is 31.9 Å². The summed E-state index contributed by atoms with van der Waals surface area (Å²) in [5.74, 6) is 1.77. The first-order valence-corrected chi connectivity index (χ1v) is 9.12. The Morgan fingerprint density at radius 1 is 1.26 bits per heavy atom. The van der Waals surface area contributed by atoms with Gasteiger partial charge in [-0.1, -0.05) is 19.1 Å². The first-order chi connectivity index (χ1) is 13.0. The van der Waals surface area contributed by atoms with Gasteiger partial charge in [0.05, 0.1) is 14.2 Å². The van der Waals surface area contributed by atoms with E-state index < -0.39 is 5.60 Å². The maximum atomic E-state index is 12.4. The van der Waals surface area contributed by atoms with Crippen molar-refractivity contribution in [2.24, 2.45) is 5.92 Å². The molecule has 27 heavy (non-hydrogen) atoms. The van der Waals surface area contributed by atoms with Crippen LogP contribution in [0.3, 0.4) is 0 Å². The van der Waals surface area contributed by atoms with E-state index >= 15 is 0 Å². The van der Waals surface area contributed by atoms with E-state index in [0.29, 0.717) is 35.9 Å². The molecule has 5 nitrogen and oxygen atoms in total. The van der Waals surface area contributed by atoms with E-state index in [1.165, 1.54) is 0 Å². The molecule has 144 valence electrons. The van der Waals surface area contributed by atoms with Crippen LogP contribution in [0.15, 0.2) is 54.3 Å². The normalized spacial score (nSPS) is 26.6. The number of hydrogen-bond donors (Lipinski definition) is 0. The van der Waals surface area contributed by atoms with Gasteiger partial charge < -0.3 is 18.9 Å². The Morgan fingerprint density at radius 3 is 2.63 bits per heavy atom. The molecule has 0 saturated carbocycles. The molecule has 0 spiro atoms. The molecule has 1 aliphatic heterocycles. The van der Waals surface area contributed by atoms with Gasteiger partial charge in [0.15, 0.2) is 22.9 Å². The number of carbonyl (C=O) groups is 1. The summed E-state index contributed by atoms with van der Waals surface area (Å²) in [7, 11) is 3.21. The van der Waals surface area contributed by atoms with Crippen LogP contribution in [-0.2, 0) is 14.3 Å². The highest BCUT2D eigenvalue weighted by atomic mass is 16.6. The Balaban J connectivity index is 2.04. The van der Waals surface area contributed by atoms with Crippen LogP contribution in [0.4, 0.5) is 0 Å². The van der Waals surface area contributed by atoms with E-state index in [1.807, 2.05) is 31.2 Å². The van der Waals surface area contributed by atoms with Crippen molar-refractivity contribution in [2.45, 2.75) is 32.0 Å². The molecule has 2 aliphatic rings. The number of fused-ring (bicyclic) bond motifs is 1. The van der Waals surface area contributed by atoms with Gasteiger partial charge in [-0.25, -0.2) is 0 Å². The highest BCUT2D eigenvalue weighted by molar-refractivity contribution is 6.06. The van der Waals surface area contributed by atoms with Crippen LogP contribution in [0.5, 0.6) is 11.5 Å². The second-order valence-corrected chi connectivity index (χ2v) is 6.70. The molecule has 0 amide bonds. The number of allylic oxidation sites excluding steroid dienone is 3. The van der Waals surface area contributed by atoms with Crippen LogP contribution in [0, 0.1) is 5.92 Å². The van der Waals surface area contributed by atoms with Crippen molar-refractivity contribution < 1.29 is 23.7 Å². The maximum absolute atomic E-state index is 12.4. The summed E-state index contributed by atoms with van der Waals surface area (Å²) < 4.78 is 23.2. The molecule has 1 aliphatic carbocycles. The molecule has 5 heteroatoms. The molecule has 0 unspecified atom stereocenters. The number of rotatable bonds is 7. The molecule has 0 bridgehead atoms. The quantitative estimate of drug-likeness (QED) is 0.675. The van der Waals surface area contributed by atoms with Gasteiger partial charge in [-0.2, -0.15) is 0 Å². The van der Waals surface area contributed by atoms with Crippen molar-refractivity contribution in [3.05, 3.63) is 59.9 Å². The van der Waals surface area contributed by atoms with Gasteiger partial charge in [0.1, 0.15) is 11.9 Å². The molecule has 0 aromatic heterocycles. The number of ketones is 1. The van der Waals surface area contributed by atoms with Crippen LogP contribution >= 0.6 is 0 Å². The second-order valence-electron chi connectivity index (χ2n) is 6.70. The molecule has 3 rings (SSSR count). The zero-order chi connectivity index (χ0) is 19.6. The summed E-state index contributed by atoms with van der Waals surface area (Å²) in [6.45, 7) is 8.28. The standard InChI is InChI=1S/C22H26O5/c1-6-8-16-13-22(26-7-2)14(3)21(27-20(22)12-17(16)23)15-9-10-18(24-4)19(11-15)25-5/h6,9-14,21H,1,7-8H2,2-5H3/t14-,21-,22-/m0/s1. The molecule has 1 saturated heterocycles. The minimum absolute atomic E-state index is 0.0327. The third kappa shape index (κ3) is 3.16. The molecule has 1 aromatic carbocycles. The van der Waals surface area contributed by atoms with Crippen LogP contribution < -0.4 is 9.47 Å². The topological polar surface area (TPSA) is 54.0 Å². The van der Waals surface area contributed by atoms with E-state index in [4.69, 9.17) is 18.9 Å². The Morgan fingerprint density at radius 2 is 2.00 bits per heavy atom. The van der Waals surface area contributed by atoms with Gasteiger partial charge in [-0.05, 0) is 37.1 Å².